The predicted molar refractivity (Wildman–Crippen MR) is 113 cm³/mol. The van der Waals surface area contributed by atoms with Crippen LogP contribution in [0, 0.1) is 31.1 Å². The molecule has 0 amide bonds. The molecule has 0 saturated heterocycles. The number of nitrogens with zero attached hydrogens (tertiary/aromatic N) is 2. The molecule has 0 saturated carbocycles. The van der Waals surface area contributed by atoms with E-state index in [1.54, 1.807) is 17.7 Å². The summed E-state index contributed by atoms with van der Waals surface area (Å²) in [4.78, 5) is 0. The molecule has 0 spiro atoms. The second-order valence-electron chi connectivity index (χ2n) is 7.60. The van der Waals surface area contributed by atoms with Gasteiger partial charge in [-0.15, -0.1) is 0 Å². The van der Waals surface area contributed by atoms with E-state index in [9.17, 15) is 5.26 Å². The summed E-state index contributed by atoms with van der Waals surface area (Å²) >= 11 is 0. The summed E-state index contributed by atoms with van der Waals surface area (Å²) in [5, 5.41) is 11.3. The number of furan rings is 1. The highest BCUT2D eigenvalue weighted by Gasteiger charge is 2.22. The second kappa shape index (κ2) is 6.80. The molecule has 4 rings (SSSR count). The van der Waals surface area contributed by atoms with Gasteiger partial charge in [0, 0.05) is 25.6 Å². The van der Waals surface area contributed by atoms with Crippen LogP contribution in [-0.2, 0) is 13.4 Å². The first-order chi connectivity index (χ1) is 14.6. The number of hydrogen-bond donors (Lipinski definition) is 0. The zero-order valence-electron chi connectivity index (χ0n) is 19.8. The normalized spacial score (nSPS) is 13.5. The minimum Gasteiger partial charge on any atom is -0.455 e. The molecule has 0 radical (unpaired) electrons. The number of pyridine rings is 1. The lowest BCUT2D eigenvalue weighted by Crippen LogP contribution is -2.31. The monoisotopic (exact) mass is 372 g/mol. The minimum atomic E-state index is -1.57. The van der Waals surface area contributed by atoms with Gasteiger partial charge in [0.25, 0.3) is 0 Å². The van der Waals surface area contributed by atoms with Crippen molar-refractivity contribution < 1.29 is 13.1 Å². The Bertz CT molecular complexity index is 1390. The van der Waals surface area contributed by atoms with E-state index in [0.717, 1.165) is 27.5 Å². The van der Waals surface area contributed by atoms with Gasteiger partial charge in [-0.3, -0.25) is 0 Å². The van der Waals surface area contributed by atoms with Crippen LogP contribution in [0.4, 0.5) is 0 Å². The highest BCUT2D eigenvalue weighted by molar-refractivity contribution is 6.12. The third kappa shape index (κ3) is 2.86. The van der Waals surface area contributed by atoms with Gasteiger partial charge in [-0.05, 0) is 48.9 Å². The van der Waals surface area contributed by atoms with E-state index in [2.05, 4.69) is 6.07 Å². The Morgan fingerprint density at radius 1 is 1.14 bits per heavy atom. The van der Waals surface area contributed by atoms with Crippen LogP contribution in [-0.4, -0.2) is 0 Å². The van der Waals surface area contributed by atoms with Crippen molar-refractivity contribution >= 4 is 21.9 Å². The van der Waals surface area contributed by atoms with Gasteiger partial charge in [0.1, 0.15) is 19.6 Å². The van der Waals surface area contributed by atoms with Crippen molar-refractivity contribution in [2.75, 3.05) is 0 Å². The fraction of sp³-hybridized carbons (Fsp3) is 0.280. The maximum atomic E-state index is 9.64. The van der Waals surface area contributed by atoms with E-state index < -0.39 is 6.37 Å². The third-order valence-electron chi connectivity index (χ3n) is 5.09. The van der Waals surface area contributed by atoms with Gasteiger partial charge in [0.15, 0.2) is 6.17 Å². The second-order valence-corrected chi connectivity index (χ2v) is 7.60. The maximum Gasteiger partial charge on any atom is 0.216 e. The molecule has 2 aromatic heterocycles. The quantitative estimate of drug-likeness (QED) is 0.429. The summed E-state index contributed by atoms with van der Waals surface area (Å²) in [6, 6.07) is 13.3. The number of rotatable bonds is 3. The van der Waals surface area contributed by atoms with Crippen molar-refractivity contribution in [2.24, 2.45) is 13.0 Å². The van der Waals surface area contributed by atoms with Crippen LogP contribution in [0.1, 0.15) is 40.2 Å². The molecule has 0 atom stereocenters. The average Bonchev–Trinajstić information content (AvgIpc) is 3.11. The van der Waals surface area contributed by atoms with Gasteiger partial charge in [0.2, 0.25) is 5.69 Å². The van der Waals surface area contributed by atoms with Gasteiger partial charge in [-0.2, -0.15) is 5.26 Å². The number of aryl methyl sites for hydroxylation is 2. The molecule has 2 heterocycles. The Hall–Kier alpha value is -3.12. The minimum absolute atomic E-state index is 0.221. The Balaban J connectivity index is 2.14. The molecule has 0 unspecified atom stereocenters. The zero-order valence-corrected chi connectivity index (χ0v) is 16.8. The summed E-state index contributed by atoms with van der Waals surface area (Å²) < 4.78 is 33.7. The molecule has 0 N–H and O–H groups in total. The Labute approximate surface area is 170 Å². The Morgan fingerprint density at radius 3 is 2.61 bits per heavy atom. The largest absolute Gasteiger partial charge is 0.455 e. The molecule has 0 aliphatic rings. The highest BCUT2D eigenvalue weighted by Crippen LogP contribution is 2.39. The Morgan fingerprint density at radius 2 is 1.89 bits per heavy atom. The standard InChI is InChI=1S/C25H25N2O/c1-15(2)12-18-10-11-27(5)21(13-18)22-16(3)7-9-20-23-19(14-26)8-6-17(4)24(23)28-25(20)22/h6-11,13,15H,12H2,1-5H3/q+1/i11D,12D2. The molecule has 140 valence electrons. The lowest BCUT2D eigenvalue weighted by molar-refractivity contribution is -0.660. The zero-order chi connectivity index (χ0) is 22.7. The molecule has 0 bridgehead atoms. The van der Waals surface area contributed by atoms with Gasteiger partial charge in [-0.1, -0.05) is 32.0 Å². The van der Waals surface area contributed by atoms with Crippen LogP contribution >= 0.6 is 0 Å². The summed E-state index contributed by atoms with van der Waals surface area (Å²) in [5.41, 5.74) is 5.80. The van der Waals surface area contributed by atoms with Crippen LogP contribution in [0.5, 0.6) is 0 Å². The van der Waals surface area contributed by atoms with Crippen LogP contribution in [0.3, 0.4) is 0 Å². The van der Waals surface area contributed by atoms with Crippen LogP contribution in [0.25, 0.3) is 33.2 Å². The van der Waals surface area contributed by atoms with Gasteiger partial charge >= 0.3 is 0 Å². The van der Waals surface area contributed by atoms with Crippen molar-refractivity contribution in [1.82, 2.24) is 0 Å². The fourth-order valence-corrected chi connectivity index (χ4v) is 3.76. The van der Waals surface area contributed by atoms with Crippen molar-refractivity contribution in [2.45, 2.75) is 34.1 Å². The summed E-state index contributed by atoms with van der Waals surface area (Å²) in [7, 11) is 1.80. The SMILES string of the molecule is [2H]c1cc(C([2H])([2H])C(C)C)cc(-c2c(C)ccc3c2oc2c(C)ccc(C#N)c23)[n+]1C. The van der Waals surface area contributed by atoms with E-state index >= 15 is 0 Å². The van der Waals surface area contributed by atoms with Gasteiger partial charge < -0.3 is 4.42 Å². The molecule has 3 nitrogen and oxygen atoms in total. The number of aromatic nitrogens is 1. The molecular weight excluding hydrogens is 344 g/mol. The molecule has 0 aliphatic carbocycles. The van der Waals surface area contributed by atoms with Crippen LogP contribution in [0.2, 0.25) is 0 Å². The van der Waals surface area contributed by atoms with Gasteiger partial charge in [0.05, 0.1) is 17.2 Å². The van der Waals surface area contributed by atoms with Crippen molar-refractivity contribution in [1.29, 1.82) is 5.26 Å². The van der Waals surface area contributed by atoms with E-state index in [-0.39, 0.29) is 12.1 Å². The van der Waals surface area contributed by atoms with Crippen LogP contribution < -0.4 is 4.57 Å². The lowest BCUT2D eigenvalue weighted by Gasteiger charge is -2.09. The number of hydrogen-bond acceptors (Lipinski definition) is 2. The van der Waals surface area contributed by atoms with Crippen molar-refractivity contribution in [3.8, 4) is 17.3 Å². The van der Waals surface area contributed by atoms with E-state index in [4.69, 9.17) is 8.53 Å². The average molecular weight is 373 g/mol. The first-order valence-corrected chi connectivity index (χ1v) is 9.45. The highest BCUT2D eigenvalue weighted by atomic mass is 16.3. The Kier molecular flexibility index (Phi) is 3.61. The van der Waals surface area contributed by atoms with E-state index in [1.807, 2.05) is 58.0 Å². The molecule has 3 heteroatoms. The van der Waals surface area contributed by atoms with E-state index in [0.29, 0.717) is 28.0 Å². The molecule has 4 aromatic rings. The fourth-order valence-electron chi connectivity index (χ4n) is 3.76. The number of fused-ring (bicyclic) bond motifs is 3. The molecule has 0 fully saturated rings. The first kappa shape index (κ1) is 14.9. The molecule has 0 aliphatic heterocycles. The lowest BCUT2D eigenvalue weighted by atomic mass is 9.96. The number of nitriles is 1. The summed E-state index contributed by atoms with van der Waals surface area (Å²) in [6.07, 6.45) is -1.35. The van der Waals surface area contributed by atoms with Crippen molar-refractivity contribution in [3.63, 3.8) is 0 Å². The van der Waals surface area contributed by atoms with Gasteiger partial charge in [-0.25, -0.2) is 4.57 Å². The molecule has 28 heavy (non-hydrogen) atoms. The third-order valence-corrected chi connectivity index (χ3v) is 5.09. The first-order valence-electron chi connectivity index (χ1n) is 10.9. The smallest absolute Gasteiger partial charge is 0.216 e. The topological polar surface area (TPSA) is 40.8 Å². The predicted octanol–water partition coefficient (Wildman–Crippen LogP) is 5.76. The molecule has 2 aromatic carbocycles. The van der Waals surface area contributed by atoms with Crippen LogP contribution in [0.15, 0.2) is 47.0 Å². The summed E-state index contributed by atoms with van der Waals surface area (Å²) in [6.45, 7) is 7.62. The summed E-state index contributed by atoms with van der Waals surface area (Å²) in [5.74, 6) is -0.239. The number of benzene rings is 2. The van der Waals surface area contributed by atoms with E-state index in [1.165, 1.54) is 0 Å². The maximum absolute atomic E-state index is 9.64. The van der Waals surface area contributed by atoms with Crippen molar-refractivity contribution in [3.05, 3.63) is 64.8 Å². The molecular formula is C25H25N2O+.